The smallest absolute Gasteiger partial charge is 0.225 e. The fourth-order valence-electron chi connectivity index (χ4n) is 3.36. The lowest BCUT2D eigenvalue weighted by Gasteiger charge is -2.16. The van der Waals surface area contributed by atoms with E-state index in [4.69, 9.17) is 4.74 Å². The number of amides is 2. The summed E-state index contributed by atoms with van der Waals surface area (Å²) in [4.78, 5) is 30.6. The second-order valence-electron chi connectivity index (χ2n) is 6.84. The second-order valence-corrected chi connectivity index (χ2v) is 6.84. The number of rotatable bonds is 7. The largest absolute Gasteiger partial charge is 0.496 e. The normalized spacial score (nSPS) is 16.4. The van der Waals surface area contributed by atoms with Crippen molar-refractivity contribution in [1.29, 1.82) is 0 Å². The van der Waals surface area contributed by atoms with Crippen molar-refractivity contribution in [3.63, 3.8) is 0 Å². The first kappa shape index (κ1) is 18.9. The summed E-state index contributed by atoms with van der Waals surface area (Å²) in [6, 6.07) is 11.6. The van der Waals surface area contributed by atoms with Gasteiger partial charge in [0, 0.05) is 25.7 Å². The lowest BCUT2D eigenvalue weighted by molar-refractivity contribution is -0.129. The van der Waals surface area contributed by atoms with Crippen molar-refractivity contribution in [1.82, 2.24) is 15.2 Å². The maximum atomic E-state index is 12.4. The van der Waals surface area contributed by atoms with E-state index in [2.05, 4.69) is 16.4 Å². The SMILES string of the molecule is COc1ccc(CCNC(=O)[C@@H]2CC(=O)N(Cc3ccccn3)C2)cc1C. The number of ether oxygens (including phenoxy) is 1. The number of nitrogens with one attached hydrogen (secondary N) is 1. The average molecular weight is 367 g/mol. The molecule has 1 atom stereocenters. The van der Waals surface area contributed by atoms with E-state index in [1.165, 1.54) is 0 Å². The number of aryl methyl sites for hydroxylation is 1. The lowest BCUT2D eigenvalue weighted by Crippen LogP contribution is -2.34. The van der Waals surface area contributed by atoms with Crippen LogP contribution in [0.25, 0.3) is 0 Å². The van der Waals surface area contributed by atoms with Crippen LogP contribution in [-0.4, -0.2) is 41.9 Å². The molecule has 27 heavy (non-hydrogen) atoms. The van der Waals surface area contributed by atoms with Crippen LogP contribution in [0.5, 0.6) is 5.75 Å². The Hall–Kier alpha value is -2.89. The van der Waals surface area contributed by atoms with E-state index < -0.39 is 0 Å². The zero-order chi connectivity index (χ0) is 19.2. The Labute approximate surface area is 159 Å². The molecule has 1 aromatic heterocycles. The third-order valence-electron chi connectivity index (χ3n) is 4.84. The van der Waals surface area contributed by atoms with Crippen LogP contribution in [0.2, 0.25) is 0 Å². The molecule has 0 saturated carbocycles. The van der Waals surface area contributed by atoms with Gasteiger partial charge in [-0.25, -0.2) is 0 Å². The van der Waals surface area contributed by atoms with Crippen LogP contribution in [0.1, 0.15) is 23.2 Å². The van der Waals surface area contributed by atoms with Crippen molar-refractivity contribution in [2.75, 3.05) is 20.2 Å². The van der Waals surface area contributed by atoms with Gasteiger partial charge in [-0.05, 0) is 42.7 Å². The van der Waals surface area contributed by atoms with Crippen LogP contribution < -0.4 is 10.1 Å². The highest BCUT2D eigenvalue weighted by Gasteiger charge is 2.34. The average Bonchev–Trinajstić information content (AvgIpc) is 3.03. The Bertz CT molecular complexity index is 808. The molecule has 1 fully saturated rings. The number of hydrogen-bond acceptors (Lipinski definition) is 4. The van der Waals surface area contributed by atoms with Crippen molar-refractivity contribution in [2.45, 2.75) is 26.3 Å². The predicted octanol–water partition coefficient (Wildman–Crippen LogP) is 2.11. The Balaban J connectivity index is 1.47. The molecule has 1 saturated heterocycles. The van der Waals surface area contributed by atoms with Crippen LogP contribution in [-0.2, 0) is 22.6 Å². The molecule has 2 heterocycles. The molecular formula is C21H25N3O3. The van der Waals surface area contributed by atoms with Gasteiger partial charge in [0.05, 0.1) is 25.3 Å². The van der Waals surface area contributed by atoms with Crippen LogP contribution in [0, 0.1) is 12.8 Å². The highest BCUT2D eigenvalue weighted by Crippen LogP contribution is 2.20. The van der Waals surface area contributed by atoms with Gasteiger partial charge in [-0.2, -0.15) is 0 Å². The van der Waals surface area contributed by atoms with Crippen LogP contribution in [0.4, 0.5) is 0 Å². The zero-order valence-corrected chi connectivity index (χ0v) is 15.8. The van der Waals surface area contributed by atoms with Gasteiger partial charge in [0.25, 0.3) is 0 Å². The fourth-order valence-corrected chi connectivity index (χ4v) is 3.36. The number of likely N-dealkylation sites (tertiary alicyclic amines) is 1. The fraction of sp³-hybridized carbons (Fsp3) is 0.381. The van der Waals surface area contributed by atoms with Gasteiger partial charge in [-0.15, -0.1) is 0 Å². The summed E-state index contributed by atoms with van der Waals surface area (Å²) in [6.45, 7) is 3.45. The van der Waals surface area contributed by atoms with Gasteiger partial charge >= 0.3 is 0 Å². The summed E-state index contributed by atoms with van der Waals surface area (Å²) >= 11 is 0. The number of hydrogen-bond donors (Lipinski definition) is 1. The van der Waals surface area contributed by atoms with Gasteiger partial charge in [-0.1, -0.05) is 18.2 Å². The number of methoxy groups -OCH3 is 1. The number of pyridine rings is 1. The molecule has 1 aromatic carbocycles. The van der Waals surface area contributed by atoms with E-state index in [9.17, 15) is 9.59 Å². The molecule has 0 unspecified atom stereocenters. The van der Waals surface area contributed by atoms with Gasteiger partial charge in [0.2, 0.25) is 11.8 Å². The molecule has 0 spiro atoms. The van der Waals surface area contributed by atoms with Crippen LogP contribution in [0.15, 0.2) is 42.6 Å². The van der Waals surface area contributed by atoms with Gasteiger partial charge in [0.15, 0.2) is 0 Å². The Kier molecular flexibility index (Phi) is 6.06. The number of nitrogens with zero attached hydrogens (tertiary/aromatic N) is 2. The first-order chi connectivity index (χ1) is 13.1. The van der Waals surface area contributed by atoms with Gasteiger partial charge in [0.1, 0.15) is 5.75 Å². The van der Waals surface area contributed by atoms with E-state index in [0.717, 1.165) is 29.0 Å². The number of aromatic nitrogens is 1. The van der Waals surface area contributed by atoms with E-state index in [0.29, 0.717) is 19.6 Å². The van der Waals surface area contributed by atoms with Crippen molar-refractivity contribution in [3.05, 3.63) is 59.4 Å². The highest BCUT2D eigenvalue weighted by molar-refractivity contribution is 5.89. The van der Waals surface area contributed by atoms with E-state index in [1.54, 1.807) is 18.2 Å². The summed E-state index contributed by atoms with van der Waals surface area (Å²) in [7, 11) is 1.66. The van der Waals surface area contributed by atoms with Crippen molar-refractivity contribution < 1.29 is 14.3 Å². The topological polar surface area (TPSA) is 71.5 Å². The molecule has 1 aliphatic heterocycles. The maximum absolute atomic E-state index is 12.4. The van der Waals surface area contributed by atoms with E-state index in [-0.39, 0.29) is 24.2 Å². The van der Waals surface area contributed by atoms with Crippen LogP contribution in [0.3, 0.4) is 0 Å². The minimum absolute atomic E-state index is 0.00609. The molecule has 6 heteroatoms. The minimum atomic E-state index is -0.293. The third kappa shape index (κ3) is 4.84. The van der Waals surface area contributed by atoms with Crippen molar-refractivity contribution >= 4 is 11.8 Å². The molecule has 6 nitrogen and oxygen atoms in total. The molecule has 2 aromatic rings. The first-order valence-corrected chi connectivity index (χ1v) is 9.15. The monoisotopic (exact) mass is 367 g/mol. The Morgan fingerprint density at radius 3 is 2.89 bits per heavy atom. The quantitative estimate of drug-likeness (QED) is 0.814. The minimum Gasteiger partial charge on any atom is -0.496 e. The zero-order valence-electron chi connectivity index (χ0n) is 15.8. The predicted molar refractivity (Wildman–Crippen MR) is 102 cm³/mol. The number of benzene rings is 1. The first-order valence-electron chi connectivity index (χ1n) is 9.15. The molecule has 1 N–H and O–H groups in total. The molecule has 0 aliphatic carbocycles. The summed E-state index contributed by atoms with van der Waals surface area (Å²) in [6.07, 6.45) is 2.72. The molecule has 0 radical (unpaired) electrons. The number of carbonyl (C=O) groups is 2. The van der Waals surface area contributed by atoms with Crippen molar-refractivity contribution in [3.8, 4) is 5.75 Å². The second kappa shape index (κ2) is 8.66. The van der Waals surface area contributed by atoms with E-state index in [1.807, 2.05) is 37.3 Å². The summed E-state index contributed by atoms with van der Waals surface area (Å²) in [5, 5.41) is 2.96. The van der Waals surface area contributed by atoms with Gasteiger partial charge < -0.3 is 15.0 Å². The molecule has 1 aliphatic rings. The molecule has 3 rings (SSSR count). The molecule has 0 bridgehead atoms. The summed E-state index contributed by atoms with van der Waals surface area (Å²) in [5.41, 5.74) is 3.06. The summed E-state index contributed by atoms with van der Waals surface area (Å²) < 4.78 is 5.26. The van der Waals surface area contributed by atoms with E-state index >= 15 is 0 Å². The Morgan fingerprint density at radius 2 is 2.19 bits per heavy atom. The standard InChI is InChI=1S/C21H25N3O3/c1-15-11-16(6-7-19(15)27-2)8-10-23-21(26)17-12-20(25)24(13-17)14-18-5-3-4-9-22-18/h3-7,9,11,17H,8,10,12-14H2,1-2H3,(H,23,26)/t17-/m1/s1. The third-order valence-corrected chi connectivity index (χ3v) is 4.84. The molecular weight excluding hydrogens is 342 g/mol. The van der Waals surface area contributed by atoms with Crippen LogP contribution >= 0.6 is 0 Å². The Morgan fingerprint density at radius 1 is 1.33 bits per heavy atom. The van der Waals surface area contributed by atoms with Crippen molar-refractivity contribution in [2.24, 2.45) is 5.92 Å². The highest BCUT2D eigenvalue weighted by atomic mass is 16.5. The van der Waals surface area contributed by atoms with Gasteiger partial charge in [-0.3, -0.25) is 14.6 Å². The maximum Gasteiger partial charge on any atom is 0.225 e. The summed E-state index contributed by atoms with van der Waals surface area (Å²) in [5.74, 6) is 0.516. The lowest BCUT2D eigenvalue weighted by atomic mass is 10.1. The number of carbonyl (C=O) groups excluding carboxylic acids is 2. The molecule has 2 amide bonds. The molecule has 142 valence electrons.